The van der Waals surface area contributed by atoms with Crippen LogP contribution in [0.15, 0.2) is 24.3 Å². The fourth-order valence-electron chi connectivity index (χ4n) is 2.49. The Bertz CT molecular complexity index is 428. The third-order valence-electron chi connectivity index (χ3n) is 3.58. The van der Waals surface area contributed by atoms with E-state index >= 15 is 0 Å². The molecule has 0 spiro atoms. The number of aliphatic hydroxyl groups is 1. The quantitative estimate of drug-likeness (QED) is 0.885. The Hall–Kier alpha value is -1.06. The molecule has 1 aliphatic rings. The number of carbonyl (C=O) groups is 1. The van der Waals surface area contributed by atoms with Crippen molar-refractivity contribution >= 4 is 17.5 Å². The number of rotatable bonds is 3. The topological polar surface area (TPSA) is 49.3 Å². The average Bonchev–Trinajstić information content (AvgIpc) is 2.40. The number of benzene rings is 1. The Morgan fingerprint density at radius 3 is 2.67 bits per heavy atom. The lowest BCUT2D eigenvalue weighted by atomic mass is 9.82. The van der Waals surface area contributed by atoms with Crippen LogP contribution in [0.2, 0.25) is 5.02 Å². The molecule has 2 N–H and O–H groups in total. The minimum Gasteiger partial charge on any atom is -0.394 e. The van der Waals surface area contributed by atoms with Crippen LogP contribution in [0.1, 0.15) is 42.5 Å². The highest BCUT2D eigenvalue weighted by Gasteiger charge is 2.33. The molecule has 18 heavy (non-hydrogen) atoms. The summed E-state index contributed by atoms with van der Waals surface area (Å²) in [7, 11) is 0. The van der Waals surface area contributed by atoms with Crippen LogP contribution in [0.3, 0.4) is 0 Å². The Labute approximate surface area is 112 Å². The van der Waals surface area contributed by atoms with Gasteiger partial charge in [0, 0.05) is 10.6 Å². The number of nitrogens with one attached hydrogen (secondary N) is 1. The van der Waals surface area contributed by atoms with E-state index in [1.54, 1.807) is 24.3 Å². The highest BCUT2D eigenvalue weighted by molar-refractivity contribution is 6.30. The first-order chi connectivity index (χ1) is 8.65. The minimum atomic E-state index is -0.447. The summed E-state index contributed by atoms with van der Waals surface area (Å²) in [5.41, 5.74) is 0.0957. The van der Waals surface area contributed by atoms with Crippen molar-refractivity contribution in [1.82, 2.24) is 5.32 Å². The predicted octanol–water partition coefficient (Wildman–Crippen LogP) is 2.77. The molecule has 3 nitrogen and oxygen atoms in total. The van der Waals surface area contributed by atoms with E-state index in [4.69, 9.17) is 11.6 Å². The third-order valence-corrected chi connectivity index (χ3v) is 3.81. The van der Waals surface area contributed by atoms with Gasteiger partial charge in [-0.1, -0.05) is 36.9 Å². The minimum absolute atomic E-state index is 0.000689. The van der Waals surface area contributed by atoms with E-state index in [-0.39, 0.29) is 12.5 Å². The van der Waals surface area contributed by atoms with E-state index < -0.39 is 5.54 Å². The van der Waals surface area contributed by atoms with Gasteiger partial charge in [0.1, 0.15) is 0 Å². The zero-order valence-corrected chi connectivity index (χ0v) is 11.0. The summed E-state index contributed by atoms with van der Waals surface area (Å²) in [5, 5.41) is 13.1. The molecule has 0 unspecified atom stereocenters. The largest absolute Gasteiger partial charge is 0.394 e. The Morgan fingerprint density at radius 2 is 2.06 bits per heavy atom. The molecule has 0 heterocycles. The first kappa shape index (κ1) is 13.4. The molecule has 1 fully saturated rings. The summed E-state index contributed by atoms with van der Waals surface area (Å²) < 4.78 is 0. The molecule has 4 heteroatoms. The second-order valence-corrected chi connectivity index (χ2v) is 5.40. The Balaban J connectivity index is 2.10. The SMILES string of the molecule is O=C(NC1(CO)CCCCC1)c1cccc(Cl)c1. The summed E-state index contributed by atoms with van der Waals surface area (Å²) in [5.74, 6) is -0.159. The summed E-state index contributed by atoms with van der Waals surface area (Å²) in [6.07, 6.45) is 4.97. The summed E-state index contributed by atoms with van der Waals surface area (Å²) in [4.78, 5) is 12.1. The van der Waals surface area contributed by atoms with Gasteiger partial charge in [-0.05, 0) is 31.0 Å². The van der Waals surface area contributed by atoms with Crippen LogP contribution < -0.4 is 5.32 Å². The second kappa shape index (κ2) is 5.72. The number of hydrogen-bond donors (Lipinski definition) is 2. The lowest BCUT2D eigenvalue weighted by molar-refractivity contribution is 0.0758. The molecular weight excluding hydrogens is 250 g/mol. The van der Waals surface area contributed by atoms with E-state index in [1.807, 2.05) is 0 Å². The number of aliphatic hydroxyl groups excluding tert-OH is 1. The van der Waals surface area contributed by atoms with Crippen LogP contribution in [0.25, 0.3) is 0 Å². The number of halogens is 1. The molecule has 1 aromatic rings. The van der Waals surface area contributed by atoms with Gasteiger partial charge in [0.05, 0.1) is 12.1 Å². The van der Waals surface area contributed by atoms with Crippen molar-refractivity contribution in [1.29, 1.82) is 0 Å². The van der Waals surface area contributed by atoms with Crippen molar-refractivity contribution in [2.75, 3.05) is 6.61 Å². The van der Waals surface area contributed by atoms with Gasteiger partial charge in [0.15, 0.2) is 0 Å². The number of hydrogen-bond acceptors (Lipinski definition) is 2. The van der Waals surface area contributed by atoms with Gasteiger partial charge in [-0.25, -0.2) is 0 Å². The molecule has 2 rings (SSSR count). The molecule has 1 saturated carbocycles. The van der Waals surface area contributed by atoms with Crippen LogP contribution in [-0.2, 0) is 0 Å². The van der Waals surface area contributed by atoms with Crippen molar-refractivity contribution in [3.63, 3.8) is 0 Å². The maximum Gasteiger partial charge on any atom is 0.251 e. The first-order valence-corrected chi connectivity index (χ1v) is 6.72. The first-order valence-electron chi connectivity index (χ1n) is 6.34. The number of carbonyl (C=O) groups excluding carboxylic acids is 1. The van der Waals surface area contributed by atoms with Gasteiger partial charge < -0.3 is 10.4 Å². The van der Waals surface area contributed by atoms with Crippen molar-refractivity contribution in [2.45, 2.75) is 37.6 Å². The van der Waals surface area contributed by atoms with Crippen LogP contribution in [0.5, 0.6) is 0 Å². The monoisotopic (exact) mass is 267 g/mol. The van der Waals surface area contributed by atoms with E-state index in [0.717, 1.165) is 25.7 Å². The molecule has 0 bridgehead atoms. The maximum absolute atomic E-state index is 12.1. The van der Waals surface area contributed by atoms with Crippen LogP contribution in [0, 0.1) is 0 Å². The lowest BCUT2D eigenvalue weighted by Gasteiger charge is -2.36. The molecule has 98 valence electrons. The molecular formula is C14H18ClNO2. The van der Waals surface area contributed by atoms with Gasteiger partial charge in [0.25, 0.3) is 5.91 Å². The van der Waals surface area contributed by atoms with E-state index in [2.05, 4.69) is 5.32 Å². The zero-order chi connectivity index (χ0) is 13.0. The zero-order valence-electron chi connectivity index (χ0n) is 10.3. The van der Waals surface area contributed by atoms with Crippen LogP contribution in [0.4, 0.5) is 0 Å². The molecule has 0 aliphatic heterocycles. The summed E-state index contributed by atoms with van der Waals surface area (Å²) in [6.45, 7) is -0.000689. The summed E-state index contributed by atoms with van der Waals surface area (Å²) in [6, 6.07) is 6.87. The van der Waals surface area contributed by atoms with E-state index in [0.29, 0.717) is 10.6 Å². The fourth-order valence-corrected chi connectivity index (χ4v) is 2.68. The summed E-state index contributed by atoms with van der Waals surface area (Å²) >= 11 is 5.87. The van der Waals surface area contributed by atoms with Crippen LogP contribution >= 0.6 is 11.6 Å². The van der Waals surface area contributed by atoms with E-state index in [1.165, 1.54) is 6.42 Å². The Morgan fingerprint density at radius 1 is 1.33 bits per heavy atom. The molecule has 0 radical (unpaired) electrons. The maximum atomic E-state index is 12.1. The lowest BCUT2D eigenvalue weighted by Crippen LogP contribution is -2.52. The molecule has 1 aromatic carbocycles. The average molecular weight is 268 g/mol. The van der Waals surface area contributed by atoms with Crippen molar-refractivity contribution in [3.8, 4) is 0 Å². The van der Waals surface area contributed by atoms with Gasteiger partial charge in [0.2, 0.25) is 0 Å². The highest BCUT2D eigenvalue weighted by atomic mass is 35.5. The van der Waals surface area contributed by atoms with Crippen molar-refractivity contribution in [2.24, 2.45) is 0 Å². The van der Waals surface area contributed by atoms with Gasteiger partial charge >= 0.3 is 0 Å². The standard InChI is InChI=1S/C14H18ClNO2/c15-12-6-4-5-11(9-12)13(18)16-14(10-17)7-2-1-3-8-14/h4-6,9,17H,1-3,7-8,10H2,(H,16,18). The molecule has 1 aliphatic carbocycles. The normalized spacial score (nSPS) is 18.3. The van der Waals surface area contributed by atoms with Crippen molar-refractivity contribution < 1.29 is 9.90 Å². The van der Waals surface area contributed by atoms with E-state index in [9.17, 15) is 9.90 Å². The van der Waals surface area contributed by atoms with Gasteiger partial charge in [-0.15, -0.1) is 0 Å². The molecule has 0 atom stereocenters. The third kappa shape index (κ3) is 3.03. The molecule has 0 aromatic heterocycles. The Kier molecular flexibility index (Phi) is 4.25. The van der Waals surface area contributed by atoms with Gasteiger partial charge in [-0.2, -0.15) is 0 Å². The second-order valence-electron chi connectivity index (χ2n) is 4.96. The number of amides is 1. The van der Waals surface area contributed by atoms with Crippen molar-refractivity contribution in [3.05, 3.63) is 34.9 Å². The smallest absolute Gasteiger partial charge is 0.251 e. The predicted molar refractivity (Wildman–Crippen MR) is 71.8 cm³/mol. The molecule has 0 saturated heterocycles. The fraction of sp³-hybridized carbons (Fsp3) is 0.500. The van der Waals surface area contributed by atoms with Crippen LogP contribution in [-0.4, -0.2) is 23.2 Å². The van der Waals surface area contributed by atoms with Gasteiger partial charge in [-0.3, -0.25) is 4.79 Å². The highest BCUT2D eigenvalue weighted by Crippen LogP contribution is 2.28. The molecule has 1 amide bonds.